The number of carbonyl (C=O) groups is 3. The van der Waals surface area contributed by atoms with E-state index in [-0.39, 0.29) is 46.3 Å². The zero-order chi connectivity index (χ0) is 25.5. The van der Waals surface area contributed by atoms with Crippen LogP contribution in [0.3, 0.4) is 0 Å². The summed E-state index contributed by atoms with van der Waals surface area (Å²) in [6.45, 7) is 17.3. The maximum absolute atomic E-state index is 11.0. The van der Waals surface area contributed by atoms with Gasteiger partial charge in [-0.25, -0.2) is 12.8 Å². The van der Waals surface area contributed by atoms with E-state index in [1.54, 1.807) is 32.9 Å². The van der Waals surface area contributed by atoms with Crippen molar-refractivity contribution in [3.8, 4) is 0 Å². The zero-order valence-electron chi connectivity index (χ0n) is 21.2. The Hall–Kier alpha value is -1.38. The van der Waals surface area contributed by atoms with Crippen molar-refractivity contribution in [3.05, 3.63) is 37.3 Å². The van der Waals surface area contributed by atoms with Crippen molar-refractivity contribution in [1.82, 2.24) is 9.96 Å². The first kappa shape index (κ1) is 36.2. The summed E-state index contributed by atoms with van der Waals surface area (Å²) in [4.78, 5) is 38.4. The van der Waals surface area contributed by atoms with Crippen molar-refractivity contribution in [2.45, 2.75) is 42.0 Å². The Labute approximate surface area is 215 Å². The molecule has 0 aliphatic carbocycles. The van der Waals surface area contributed by atoms with Crippen LogP contribution in [0.2, 0.25) is 0 Å². The summed E-state index contributed by atoms with van der Waals surface area (Å²) in [7, 11) is 5.72. The number of carbonyl (C=O) groups excluding carboxylic acids is 3. The number of nitrogens with zero attached hydrogens (tertiary/aromatic N) is 2. The molecule has 1 N–H and O–H groups in total. The van der Waals surface area contributed by atoms with E-state index in [2.05, 4.69) is 20.9 Å². The quantitative estimate of drug-likeness (QED) is 0.285. The van der Waals surface area contributed by atoms with Gasteiger partial charge in [0.1, 0.15) is 0 Å². The van der Waals surface area contributed by atoms with E-state index in [9.17, 15) is 14.4 Å². The van der Waals surface area contributed by atoms with Crippen LogP contribution in [0.4, 0.5) is 0 Å². The van der Waals surface area contributed by atoms with Gasteiger partial charge in [0, 0.05) is 42.8 Å². The fourth-order valence-electron chi connectivity index (χ4n) is 2.47. The maximum atomic E-state index is 11.0. The number of hydrogen-bond donors (Lipinski definition) is 1. The van der Waals surface area contributed by atoms with E-state index in [0.717, 1.165) is 37.9 Å². The van der Waals surface area contributed by atoms with E-state index in [1.165, 1.54) is 7.05 Å². The van der Waals surface area contributed by atoms with Crippen molar-refractivity contribution in [1.29, 1.82) is 0 Å². The Morgan fingerprint density at radius 1 is 1.24 bits per heavy atom. The molecule has 9 nitrogen and oxygen atoms in total. The summed E-state index contributed by atoms with van der Waals surface area (Å²) in [5.41, 5.74) is 1.99. The molecule has 2 fully saturated rings. The minimum absolute atomic E-state index is 0. The number of aliphatic hydroxyl groups is 1. The molecule has 3 aliphatic heterocycles. The Balaban J connectivity index is -0.000000177. The molecular formula is C23H42N2O7W. The third-order valence-electron chi connectivity index (χ3n) is 4.43. The second-order valence-electron chi connectivity index (χ2n) is 7.35. The largest absolute Gasteiger partial charge is 2.00 e. The topological polar surface area (TPSA) is 106 Å². The molecule has 0 aromatic heterocycles. The number of hydrogen-bond acceptors (Lipinski definition) is 8. The van der Waals surface area contributed by atoms with Crippen LogP contribution in [0.25, 0.3) is 0 Å². The predicted octanol–water partition coefficient (Wildman–Crippen LogP) is 2.95. The third-order valence-corrected chi connectivity index (χ3v) is 4.43. The van der Waals surface area contributed by atoms with Gasteiger partial charge in [-0.05, 0) is 20.8 Å². The molecule has 2 saturated heterocycles. The van der Waals surface area contributed by atoms with Gasteiger partial charge in [-0.1, -0.05) is 20.9 Å². The minimum atomic E-state index is -0.295. The molecule has 0 spiro atoms. The fourth-order valence-corrected chi connectivity index (χ4v) is 2.47. The van der Waals surface area contributed by atoms with Crippen LogP contribution in [0.5, 0.6) is 0 Å². The number of rotatable bonds is 3. The van der Waals surface area contributed by atoms with Crippen LogP contribution >= 0.6 is 0 Å². The van der Waals surface area contributed by atoms with Crippen LogP contribution < -0.4 is 0 Å². The summed E-state index contributed by atoms with van der Waals surface area (Å²) >= 11 is 0. The molecule has 2 amide bonds. The first-order valence-electron chi connectivity index (χ1n) is 10.3. The molecule has 0 aromatic carbocycles. The molecule has 0 aromatic rings. The third kappa shape index (κ3) is 12.6. The van der Waals surface area contributed by atoms with Crippen LogP contribution in [0, 0.1) is 19.4 Å². The number of methoxy groups -OCH3 is 1. The van der Waals surface area contributed by atoms with Crippen molar-refractivity contribution in [2.24, 2.45) is 5.41 Å². The van der Waals surface area contributed by atoms with E-state index < -0.39 is 0 Å². The van der Waals surface area contributed by atoms with Crippen molar-refractivity contribution >= 4 is 17.8 Å². The van der Waals surface area contributed by atoms with Gasteiger partial charge in [0.15, 0.2) is 0 Å². The van der Waals surface area contributed by atoms with Crippen molar-refractivity contribution < 1.29 is 56.2 Å². The van der Waals surface area contributed by atoms with E-state index >= 15 is 0 Å². The molecule has 0 bridgehead atoms. The monoisotopic (exact) mass is 643 g/mol. The summed E-state index contributed by atoms with van der Waals surface area (Å²) in [6.07, 6.45) is 0. The van der Waals surface area contributed by atoms with E-state index in [4.69, 9.17) is 20.8 Å². The number of aliphatic hydroxyl groups excluding tert-OH is 1. The van der Waals surface area contributed by atoms with Gasteiger partial charge in [0.2, 0.25) is 0 Å². The van der Waals surface area contributed by atoms with E-state index in [1.807, 2.05) is 6.92 Å². The molecule has 0 atom stereocenters. The number of amides is 2. The average molecular weight is 643 g/mol. The molecule has 0 radical (unpaired) electrons. The molecule has 10 heteroatoms. The van der Waals surface area contributed by atoms with Crippen LogP contribution in [0.1, 0.15) is 43.4 Å². The van der Waals surface area contributed by atoms with Crippen LogP contribution in [0.15, 0.2) is 23.3 Å². The molecule has 0 unspecified atom stereocenters. The fraction of sp³-hybridized carbons (Fsp3) is 0.609. The molecule has 0 saturated carbocycles. The smallest absolute Gasteiger partial charge is 0.566 e. The second-order valence-corrected chi connectivity index (χ2v) is 7.35. The predicted molar refractivity (Wildman–Crippen MR) is 124 cm³/mol. The molecule has 3 aliphatic rings. The summed E-state index contributed by atoms with van der Waals surface area (Å²) in [5.74, 6) is -0.651. The molecule has 192 valence electrons. The Morgan fingerprint density at radius 3 is 1.79 bits per heavy atom. The first-order chi connectivity index (χ1) is 15.0. The normalized spacial score (nSPS) is 18.2. The van der Waals surface area contributed by atoms with Gasteiger partial charge in [-0.15, -0.1) is 5.06 Å². The standard InChI is InChI=1S/C7H9NO2.C6H9NO2.C6H12O2.C2H5O.CH4.CH3.W/c1-4-5(2)7(10)8(3)6(4)9;1-3-7-4-5(2)6(8)9-7;1-6(3-7-2)4-8-5-6;1-2-3;;;/h1-3H3;2-4H2,1H3;3-5H2,1-2H3;2-3H,1H3;1H4;1H3;/q;;;-1;;-1;+2/i;;;;;1D;. The summed E-state index contributed by atoms with van der Waals surface area (Å²) in [6, 6.07) is 0. The van der Waals surface area contributed by atoms with Crippen molar-refractivity contribution in [3.63, 3.8) is 0 Å². The zero-order valence-corrected chi connectivity index (χ0v) is 23.2. The number of likely N-dealkylation sites (N-methyl/N-ethyl adjacent to an activating group) is 2. The van der Waals surface area contributed by atoms with Crippen LogP contribution in [-0.4, -0.2) is 79.9 Å². The number of imide groups is 1. The molecule has 33 heavy (non-hydrogen) atoms. The van der Waals surface area contributed by atoms with Gasteiger partial charge in [0.05, 0.1) is 26.4 Å². The summed E-state index contributed by atoms with van der Waals surface area (Å²) in [5, 5.41) is 9.02. The number of ether oxygens (including phenoxy) is 2. The molecule has 3 rings (SSSR count). The molecule has 3 heterocycles. The van der Waals surface area contributed by atoms with Crippen LogP contribution in [-0.2, 0) is 49.8 Å². The molecular weight excluding hydrogens is 600 g/mol. The number of hydroxylamine groups is 2. The average Bonchev–Trinajstić information content (AvgIpc) is 3.17. The Morgan fingerprint density at radius 2 is 1.67 bits per heavy atom. The maximum Gasteiger partial charge on any atom is 2.00 e. The second kappa shape index (κ2) is 19.0. The van der Waals surface area contributed by atoms with Gasteiger partial charge in [-0.2, -0.15) is 6.92 Å². The van der Waals surface area contributed by atoms with Crippen molar-refractivity contribution in [2.75, 3.05) is 47.1 Å². The first-order valence-corrected chi connectivity index (χ1v) is 9.61. The Kier molecular flexibility index (Phi) is 20.8. The van der Waals surface area contributed by atoms with Gasteiger partial charge >= 0.3 is 27.0 Å². The van der Waals surface area contributed by atoms with Gasteiger partial charge in [0.25, 0.3) is 11.8 Å². The Bertz CT molecular complexity index is 628. The van der Waals surface area contributed by atoms with Gasteiger partial charge < -0.3 is 26.8 Å². The SMILES string of the molecule is C.C=C1CN(CC)OC1=O.CC1=C(C)C(=O)N(C)C1=O.COCC1(C)COC1.C[CH-]O.[2H][CH2-].[W+2]. The summed E-state index contributed by atoms with van der Waals surface area (Å²) < 4.78 is 15.5. The van der Waals surface area contributed by atoms with E-state index in [0.29, 0.717) is 28.7 Å². The van der Waals surface area contributed by atoms with Gasteiger partial charge in [-0.3, -0.25) is 14.5 Å². The minimum Gasteiger partial charge on any atom is -0.566 e.